The molecule has 0 saturated heterocycles. The number of nitrogens with zero attached hydrogens (tertiary/aromatic N) is 3. The molecule has 2 aliphatic rings. The number of amides is 1. The highest BCUT2D eigenvalue weighted by molar-refractivity contribution is 7.10. The maximum atomic E-state index is 12.7. The summed E-state index contributed by atoms with van der Waals surface area (Å²) in [6, 6.07) is 4.02. The van der Waals surface area contributed by atoms with E-state index in [0.717, 1.165) is 28.7 Å². The standard InChI is InChI=1S/C18H23N3O2S/c1-20-8-14-9-21(17(22)7-16-3-2-6-24-16)10-15(18(14)19-20)12-23-11-13-4-5-13/h2-3,6,8,13,15H,4-5,7,9-12H2,1H3. The third-order valence-corrected chi connectivity index (χ3v) is 5.63. The zero-order valence-electron chi connectivity index (χ0n) is 14.0. The van der Waals surface area contributed by atoms with E-state index in [9.17, 15) is 4.79 Å². The summed E-state index contributed by atoms with van der Waals surface area (Å²) < 4.78 is 7.76. The molecule has 4 rings (SSSR count). The summed E-state index contributed by atoms with van der Waals surface area (Å²) in [6.45, 7) is 2.87. The summed E-state index contributed by atoms with van der Waals surface area (Å²) in [5.74, 6) is 1.13. The largest absolute Gasteiger partial charge is 0.380 e. The van der Waals surface area contributed by atoms with Crippen molar-refractivity contribution in [2.45, 2.75) is 31.7 Å². The molecule has 1 aliphatic heterocycles. The van der Waals surface area contributed by atoms with Crippen molar-refractivity contribution < 1.29 is 9.53 Å². The van der Waals surface area contributed by atoms with Crippen LogP contribution in [-0.2, 0) is 29.5 Å². The number of thiophene rings is 1. The van der Waals surface area contributed by atoms with Gasteiger partial charge in [-0.25, -0.2) is 0 Å². The first-order chi connectivity index (χ1) is 11.7. The molecule has 0 bridgehead atoms. The highest BCUT2D eigenvalue weighted by atomic mass is 32.1. The third-order valence-electron chi connectivity index (χ3n) is 4.75. The van der Waals surface area contributed by atoms with Crippen LogP contribution < -0.4 is 0 Å². The molecule has 24 heavy (non-hydrogen) atoms. The summed E-state index contributed by atoms with van der Waals surface area (Å²) in [4.78, 5) is 15.8. The van der Waals surface area contributed by atoms with E-state index in [1.54, 1.807) is 11.3 Å². The molecule has 2 aromatic rings. The van der Waals surface area contributed by atoms with Crippen molar-refractivity contribution >= 4 is 17.2 Å². The van der Waals surface area contributed by atoms with Gasteiger partial charge in [0.15, 0.2) is 0 Å². The molecular weight excluding hydrogens is 322 g/mol. The molecule has 128 valence electrons. The number of aryl methyl sites for hydroxylation is 1. The van der Waals surface area contributed by atoms with Gasteiger partial charge in [-0.1, -0.05) is 6.07 Å². The lowest BCUT2D eigenvalue weighted by Crippen LogP contribution is -2.40. The quantitative estimate of drug-likeness (QED) is 0.808. The van der Waals surface area contributed by atoms with Crippen LogP contribution >= 0.6 is 11.3 Å². The molecule has 6 heteroatoms. The Morgan fingerprint density at radius 3 is 3.04 bits per heavy atom. The van der Waals surface area contributed by atoms with Gasteiger partial charge in [0.25, 0.3) is 0 Å². The Bertz CT molecular complexity index is 706. The minimum Gasteiger partial charge on any atom is -0.380 e. The first kappa shape index (κ1) is 15.8. The van der Waals surface area contributed by atoms with Crippen molar-refractivity contribution in [3.05, 3.63) is 39.8 Å². The number of aromatic nitrogens is 2. The van der Waals surface area contributed by atoms with Gasteiger partial charge in [-0.3, -0.25) is 9.48 Å². The van der Waals surface area contributed by atoms with E-state index in [0.29, 0.717) is 26.1 Å². The van der Waals surface area contributed by atoms with Crippen LogP contribution in [-0.4, -0.2) is 40.3 Å². The second-order valence-electron chi connectivity index (χ2n) is 6.92. The van der Waals surface area contributed by atoms with Gasteiger partial charge in [0.2, 0.25) is 5.91 Å². The predicted octanol–water partition coefficient (Wildman–Crippen LogP) is 2.58. The molecule has 5 nitrogen and oxygen atoms in total. The molecular formula is C18H23N3O2S. The topological polar surface area (TPSA) is 47.4 Å². The van der Waals surface area contributed by atoms with Gasteiger partial charge in [-0.05, 0) is 30.2 Å². The molecule has 0 aromatic carbocycles. The minimum absolute atomic E-state index is 0.181. The summed E-state index contributed by atoms with van der Waals surface area (Å²) in [7, 11) is 1.94. The van der Waals surface area contributed by atoms with Crippen LogP contribution in [0.4, 0.5) is 0 Å². The van der Waals surface area contributed by atoms with Crippen LogP contribution in [0.25, 0.3) is 0 Å². The number of hydrogen-bond acceptors (Lipinski definition) is 4. The second kappa shape index (κ2) is 6.69. The Morgan fingerprint density at radius 1 is 1.42 bits per heavy atom. The van der Waals surface area contributed by atoms with E-state index >= 15 is 0 Å². The van der Waals surface area contributed by atoms with E-state index in [4.69, 9.17) is 4.74 Å². The fourth-order valence-corrected chi connectivity index (χ4v) is 4.00. The van der Waals surface area contributed by atoms with Crippen LogP contribution in [0, 0.1) is 5.92 Å². The molecule has 1 unspecified atom stereocenters. The van der Waals surface area contributed by atoms with Crippen molar-refractivity contribution in [2.75, 3.05) is 19.8 Å². The van der Waals surface area contributed by atoms with Gasteiger partial charge < -0.3 is 9.64 Å². The van der Waals surface area contributed by atoms with Crippen molar-refractivity contribution in [3.63, 3.8) is 0 Å². The minimum atomic E-state index is 0.181. The molecule has 1 saturated carbocycles. The lowest BCUT2D eigenvalue weighted by molar-refractivity contribution is -0.132. The zero-order chi connectivity index (χ0) is 16.5. The fourth-order valence-electron chi connectivity index (χ4n) is 3.30. The molecule has 1 aliphatic carbocycles. The molecule has 1 fully saturated rings. The molecule has 0 radical (unpaired) electrons. The number of hydrogen-bond donors (Lipinski definition) is 0. The number of rotatable bonds is 6. The van der Waals surface area contributed by atoms with Crippen LogP contribution in [0.3, 0.4) is 0 Å². The molecule has 0 N–H and O–H groups in total. The Labute approximate surface area is 146 Å². The molecule has 2 aromatic heterocycles. The SMILES string of the molecule is Cn1cc2c(n1)C(COCC1CC1)CN(C(=O)Cc1cccs1)C2. The van der Waals surface area contributed by atoms with Crippen molar-refractivity contribution in [1.82, 2.24) is 14.7 Å². The Hall–Kier alpha value is -1.66. The molecule has 1 atom stereocenters. The number of carbonyl (C=O) groups excluding carboxylic acids is 1. The number of fused-ring (bicyclic) bond motifs is 1. The van der Waals surface area contributed by atoms with Gasteiger partial charge in [0.05, 0.1) is 18.7 Å². The van der Waals surface area contributed by atoms with Crippen molar-refractivity contribution in [2.24, 2.45) is 13.0 Å². The van der Waals surface area contributed by atoms with Gasteiger partial charge in [-0.15, -0.1) is 11.3 Å². The average molecular weight is 345 g/mol. The highest BCUT2D eigenvalue weighted by Crippen LogP contribution is 2.31. The van der Waals surface area contributed by atoms with E-state index in [1.165, 1.54) is 12.8 Å². The first-order valence-corrected chi connectivity index (χ1v) is 9.47. The Kier molecular flexibility index (Phi) is 4.41. The van der Waals surface area contributed by atoms with E-state index in [-0.39, 0.29) is 11.8 Å². The van der Waals surface area contributed by atoms with E-state index in [2.05, 4.69) is 5.10 Å². The van der Waals surface area contributed by atoms with Crippen molar-refractivity contribution in [1.29, 1.82) is 0 Å². The fraction of sp³-hybridized carbons (Fsp3) is 0.556. The van der Waals surface area contributed by atoms with E-state index < -0.39 is 0 Å². The summed E-state index contributed by atoms with van der Waals surface area (Å²) in [5.41, 5.74) is 2.26. The van der Waals surface area contributed by atoms with Gasteiger partial charge >= 0.3 is 0 Å². The van der Waals surface area contributed by atoms with Crippen LogP contribution in [0.1, 0.15) is 34.9 Å². The summed E-state index contributed by atoms with van der Waals surface area (Å²) in [5, 5.41) is 6.64. The van der Waals surface area contributed by atoms with Gasteiger partial charge in [0, 0.05) is 49.3 Å². The van der Waals surface area contributed by atoms with Crippen LogP contribution in [0.15, 0.2) is 23.7 Å². The maximum absolute atomic E-state index is 12.7. The summed E-state index contributed by atoms with van der Waals surface area (Å²) >= 11 is 1.64. The lowest BCUT2D eigenvalue weighted by atomic mass is 9.97. The van der Waals surface area contributed by atoms with Gasteiger partial charge in [-0.2, -0.15) is 5.10 Å². The normalized spacial score (nSPS) is 20.2. The first-order valence-electron chi connectivity index (χ1n) is 8.59. The zero-order valence-corrected chi connectivity index (χ0v) is 14.8. The highest BCUT2D eigenvalue weighted by Gasteiger charge is 2.31. The Balaban J connectivity index is 1.45. The maximum Gasteiger partial charge on any atom is 0.228 e. The number of carbonyl (C=O) groups is 1. The smallest absolute Gasteiger partial charge is 0.228 e. The lowest BCUT2D eigenvalue weighted by Gasteiger charge is -2.32. The number of ether oxygens (including phenoxy) is 1. The Morgan fingerprint density at radius 2 is 2.29 bits per heavy atom. The third kappa shape index (κ3) is 3.54. The average Bonchev–Trinajstić information content (AvgIpc) is 3.08. The second-order valence-corrected chi connectivity index (χ2v) is 7.95. The van der Waals surface area contributed by atoms with Crippen LogP contribution in [0.5, 0.6) is 0 Å². The van der Waals surface area contributed by atoms with Crippen molar-refractivity contribution in [3.8, 4) is 0 Å². The molecule has 0 spiro atoms. The monoisotopic (exact) mass is 345 g/mol. The molecule has 1 amide bonds. The molecule has 3 heterocycles. The summed E-state index contributed by atoms with van der Waals surface area (Å²) in [6.07, 6.45) is 5.12. The van der Waals surface area contributed by atoms with Crippen LogP contribution in [0.2, 0.25) is 0 Å². The van der Waals surface area contributed by atoms with E-state index in [1.807, 2.05) is 40.3 Å². The van der Waals surface area contributed by atoms with Gasteiger partial charge in [0.1, 0.15) is 0 Å². The predicted molar refractivity (Wildman–Crippen MR) is 92.9 cm³/mol.